The predicted octanol–water partition coefficient (Wildman–Crippen LogP) is 2.19. The summed E-state index contributed by atoms with van der Waals surface area (Å²) in [5.41, 5.74) is 1.18. The lowest BCUT2D eigenvalue weighted by Crippen LogP contribution is -2.23. The molecular weight excluding hydrogens is 214 g/mol. The standard InChI is InChI=1S/C13H21N3O/c1-10(17)6-7-16(5)12-14-8-11(9-15-12)13(2,3)4/h8-9H,6-7H2,1-5H3. The van der Waals surface area contributed by atoms with E-state index in [0.717, 1.165) is 5.56 Å². The third-order valence-electron chi connectivity index (χ3n) is 2.64. The molecule has 0 aliphatic heterocycles. The molecule has 0 aliphatic rings. The summed E-state index contributed by atoms with van der Waals surface area (Å²) in [7, 11) is 1.90. The molecule has 4 heteroatoms. The zero-order chi connectivity index (χ0) is 13.1. The highest BCUT2D eigenvalue weighted by Gasteiger charge is 2.15. The number of hydrogen-bond acceptors (Lipinski definition) is 4. The van der Waals surface area contributed by atoms with Crippen LogP contribution in [0.1, 0.15) is 39.7 Å². The number of aromatic nitrogens is 2. The largest absolute Gasteiger partial charge is 0.343 e. The van der Waals surface area contributed by atoms with E-state index in [-0.39, 0.29) is 11.2 Å². The molecule has 0 saturated carbocycles. The molecule has 0 bridgehead atoms. The van der Waals surface area contributed by atoms with Crippen molar-refractivity contribution in [1.29, 1.82) is 0 Å². The van der Waals surface area contributed by atoms with Gasteiger partial charge in [0.25, 0.3) is 0 Å². The highest BCUT2D eigenvalue weighted by Crippen LogP contribution is 2.21. The normalized spacial score (nSPS) is 11.4. The van der Waals surface area contributed by atoms with Crippen molar-refractivity contribution in [2.24, 2.45) is 0 Å². The van der Waals surface area contributed by atoms with Crippen LogP contribution < -0.4 is 4.90 Å². The van der Waals surface area contributed by atoms with E-state index in [2.05, 4.69) is 30.7 Å². The van der Waals surface area contributed by atoms with E-state index in [0.29, 0.717) is 18.9 Å². The van der Waals surface area contributed by atoms with Gasteiger partial charge in [0.2, 0.25) is 5.95 Å². The predicted molar refractivity (Wildman–Crippen MR) is 69.3 cm³/mol. The maximum atomic E-state index is 10.9. The topological polar surface area (TPSA) is 46.1 Å². The van der Waals surface area contributed by atoms with Crippen LogP contribution >= 0.6 is 0 Å². The van der Waals surface area contributed by atoms with Gasteiger partial charge in [-0.1, -0.05) is 20.8 Å². The van der Waals surface area contributed by atoms with Gasteiger partial charge in [0, 0.05) is 32.4 Å². The van der Waals surface area contributed by atoms with E-state index in [1.165, 1.54) is 0 Å². The first kappa shape index (κ1) is 13.6. The van der Waals surface area contributed by atoms with Crippen molar-refractivity contribution in [3.63, 3.8) is 0 Å². The summed E-state index contributed by atoms with van der Waals surface area (Å²) in [6, 6.07) is 0. The first-order valence-corrected chi connectivity index (χ1v) is 5.84. The Labute approximate surface area is 103 Å². The molecule has 0 radical (unpaired) electrons. The van der Waals surface area contributed by atoms with Crippen molar-refractivity contribution in [1.82, 2.24) is 9.97 Å². The summed E-state index contributed by atoms with van der Waals surface area (Å²) in [6.07, 6.45) is 4.24. The summed E-state index contributed by atoms with van der Waals surface area (Å²) < 4.78 is 0. The van der Waals surface area contributed by atoms with Crippen molar-refractivity contribution in [2.45, 2.75) is 39.5 Å². The van der Waals surface area contributed by atoms with Crippen molar-refractivity contribution < 1.29 is 4.79 Å². The van der Waals surface area contributed by atoms with Crippen LogP contribution in [0.25, 0.3) is 0 Å². The lowest BCUT2D eigenvalue weighted by Gasteiger charge is -2.20. The maximum absolute atomic E-state index is 10.9. The SMILES string of the molecule is CC(=O)CCN(C)c1ncc(C(C)(C)C)cn1. The fraction of sp³-hybridized carbons (Fsp3) is 0.615. The van der Waals surface area contributed by atoms with Crippen LogP contribution in [0.5, 0.6) is 0 Å². The Morgan fingerprint density at radius 1 is 1.29 bits per heavy atom. The minimum atomic E-state index is 0.0660. The lowest BCUT2D eigenvalue weighted by atomic mass is 9.89. The first-order chi connectivity index (χ1) is 7.80. The number of carbonyl (C=O) groups excluding carboxylic acids is 1. The molecule has 17 heavy (non-hydrogen) atoms. The average Bonchev–Trinajstić information content (AvgIpc) is 2.25. The van der Waals surface area contributed by atoms with E-state index < -0.39 is 0 Å². The molecule has 0 aliphatic carbocycles. The van der Waals surface area contributed by atoms with Crippen LogP contribution in [0.4, 0.5) is 5.95 Å². The Bertz CT molecular complexity index is 379. The maximum Gasteiger partial charge on any atom is 0.225 e. The first-order valence-electron chi connectivity index (χ1n) is 5.84. The van der Waals surface area contributed by atoms with Gasteiger partial charge < -0.3 is 4.90 Å². The molecule has 0 aromatic carbocycles. The van der Waals surface area contributed by atoms with Crippen LogP contribution in [0.2, 0.25) is 0 Å². The number of nitrogens with zero attached hydrogens (tertiary/aromatic N) is 3. The van der Waals surface area contributed by atoms with Crippen molar-refractivity contribution in [3.8, 4) is 0 Å². The summed E-state index contributed by atoms with van der Waals surface area (Å²) in [4.78, 5) is 21.4. The molecule has 0 unspecified atom stereocenters. The number of anilines is 1. The number of carbonyl (C=O) groups is 1. The fourth-order valence-corrected chi connectivity index (χ4v) is 1.33. The summed E-state index contributed by atoms with van der Waals surface area (Å²) in [5.74, 6) is 0.849. The molecule has 4 nitrogen and oxygen atoms in total. The Balaban J connectivity index is 2.70. The monoisotopic (exact) mass is 235 g/mol. The zero-order valence-electron chi connectivity index (χ0n) is 11.3. The van der Waals surface area contributed by atoms with Gasteiger partial charge in [0.1, 0.15) is 5.78 Å². The fourth-order valence-electron chi connectivity index (χ4n) is 1.33. The Hall–Kier alpha value is -1.45. The van der Waals surface area contributed by atoms with Crippen LogP contribution in [-0.4, -0.2) is 29.3 Å². The third-order valence-corrected chi connectivity index (χ3v) is 2.64. The quantitative estimate of drug-likeness (QED) is 0.802. The smallest absolute Gasteiger partial charge is 0.225 e. The number of hydrogen-bond donors (Lipinski definition) is 0. The Morgan fingerprint density at radius 3 is 2.24 bits per heavy atom. The Morgan fingerprint density at radius 2 is 1.82 bits per heavy atom. The molecule has 0 N–H and O–H groups in total. The minimum absolute atomic E-state index is 0.0660. The van der Waals surface area contributed by atoms with Gasteiger partial charge in [-0.3, -0.25) is 4.79 Å². The molecule has 0 spiro atoms. The van der Waals surface area contributed by atoms with Crippen LogP contribution in [0, 0.1) is 0 Å². The van der Waals surface area contributed by atoms with Gasteiger partial charge in [0.15, 0.2) is 0 Å². The second kappa shape index (κ2) is 5.25. The summed E-state index contributed by atoms with van der Waals surface area (Å²) in [6.45, 7) is 8.64. The summed E-state index contributed by atoms with van der Waals surface area (Å²) in [5, 5.41) is 0. The zero-order valence-corrected chi connectivity index (χ0v) is 11.3. The van der Waals surface area contributed by atoms with E-state index in [1.54, 1.807) is 6.92 Å². The van der Waals surface area contributed by atoms with Gasteiger partial charge in [-0.15, -0.1) is 0 Å². The van der Waals surface area contributed by atoms with Crippen molar-refractivity contribution in [2.75, 3.05) is 18.5 Å². The number of Topliss-reactive ketones (excluding diaryl/α,β-unsaturated/α-hetero) is 1. The van der Waals surface area contributed by atoms with Gasteiger partial charge in [0.05, 0.1) is 0 Å². The Kier molecular flexibility index (Phi) is 4.21. The van der Waals surface area contributed by atoms with Crippen LogP contribution in [-0.2, 0) is 10.2 Å². The molecular formula is C13H21N3O. The molecule has 0 fully saturated rings. The molecule has 0 saturated heterocycles. The van der Waals surface area contributed by atoms with E-state index in [4.69, 9.17) is 0 Å². The van der Waals surface area contributed by atoms with Gasteiger partial charge >= 0.3 is 0 Å². The highest BCUT2D eigenvalue weighted by molar-refractivity contribution is 5.75. The van der Waals surface area contributed by atoms with E-state index in [1.807, 2.05) is 24.3 Å². The van der Waals surface area contributed by atoms with Gasteiger partial charge in [-0.05, 0) is 17.9 Å². The highest BCUT2D eigenvalue weighted by atomic mass is 16.1. The average molecular weight is 235 g/mol. The molecule has 1 aromatic rings. The summed E-state index contributed by atoms with van der Waals surface area (Å²) >= 11 is 0. The van der Waals surface area contributed by atoms with E-state index >= 15 is 0 Å². The lowest BCUT2D eigenvalue weighted by molar-refractivity contribution is -0.116. The van der Waals surface area contributed by atoms with Crippen molar-refractivity contribution >= 4 is 11.7 Å². The number of rotatable bonds is 4. The third kappa shape index (κ3) is 4.13. The molecule has 94 valence electrons. The van der Waals surface area contributed by atoms with Gasteiger partial charge in [-0.2, -0.15) is 0 Å². The molecule has 1 heterocycles. The van der Waals surface area contributed by atoms with Crippen LogP contribution in [0.3, 0.4) is 0 Å². The molecule has 1 aromatic heterocycles. The molecule has 1 rings (SSSR count). The minimum Gasteiger partial charge on any atom is -0.343 e. The van der Waals surface area contributed by atoms with Crippen LogP contribution in [0.15, 0.2) is 12.4 Å². The van der Waals surface area contributed by atoms with Gasteiger partial charge in [-0.25, -0.2) is 9.97 Å². The van der Waals surface area contributed by atoms with Crippen molar-refractivity contribution in [3.05, 3.63) is 18.0 Å². The second-order valence-corrected chi connectivity index (χ2v) is 5.40. The number of ketones is 1. The molecule has 0 amide bonds. The van der Waals surface area contributed by atoms with E-state index in [9.17, 15) is 4.79 Å². The molecule has 0 atom stereocenters. The second-order valence-electron chi connectivity index (χ2n) is 5.40.